The molecule has 116 valence electrons. The van der Waals surface area contributed by atoms with Crippen molar-refractivity contribution in [3.63, 3.8) is 0 Å². The smallest absolute Gasteiger partial charge is 0.526 e. The van der Waals surface area contributed by atoms with Gasteiger partial charge in [-0.1, -0.05) is 6.07 Å². The standard InChI is InChI=1S/C13H13BFNO6/c15-9-2-1-6-3-7(4-8(17)5-10(16)18)14(21)22-12(6)11(9)13(19)20/h1-2,7,21H,3-5H2,(H2,16,18)(H,19,20)/t7-/m1/s1. The molecule has 0 saturated carbocycles. The zero-order valence-electron chi connectivity index (χ0n) is 11.4. The summed E-state index contributed by atoms with van der Waals surface area (Å²) in [4.78, 5) is 33.3. The average Bonchev–Trinajstić information content (AvgIpc) is 2.38. The number of primary amides is 1. The van der Waals surface area contributed by atoms with Gasteiger partial charge in [-0.25, -0.2) is 9.18 Å². The van der Waals surface area contributed by atoms with Crippen LogP contribution in [0.3, 0.4) is 0 Å². The summed E-state index contributed by atoms with van der Waals surface area (Å²) in [7, 11) is -1.47. The number of hydrogen-bond acceptors (Lipinski definition) is 5. The number of ketones is 1. The van der Waals surface area contributed by atoms with Gasteiger partial charge in [0.25, 0.3) is 0 Å². The van der Waals surface area contributed by atoms with E-state index in [4.69, 9.17) is 15.5 Å². The van der Waals surface area contributed by atoms with Gasteiger partial charge in [-0.15, -0.1) is 0 Å². The summed E-state index contributed by atoms with van der Waals surface area (Å²) < 4.78 is 18.6. The van der Waals surface area contributed by atoms with Crippen LogP contribution in [-0.2, 0) is 16.0 Å². The number of halogens is 1. The fraction of sp³-hybridized carbons (Fsp3) is 0.308. The van der Waals surface area contributed by atoms with Crippen molar-refractivity contribution in [2.45, 2.75) is 25.1 Å². The number of rotatable bonds is 5. The quantitative estimate of drug-likeness (QED) is 0.524. The van der Waals surface area contributed by atoms with Crippen molar-refractivity contribution >= 4 is 24.8 Å². The van der Waals surface area contributed by atoms with E-state index in [-0.39, 0.29) is 18.6 Å². The van der Waals surface area contributed by atoms with Crippen molar-refractivity contribution in [2.24, 2.45) is 5.73 Å². The molecule has 1 aliphatic rings. The Morgan fingerprint density at radius 1 is 1.41 bits per heavy atom. The van der Waals surface area contributed by atoms with Gasteiger partial charge >= 0.3 is 13.1 Å². The maximum atomic E-state index is 13.6. The third-order valence-electron chi connectivity index (χ3n) is 3.39. The second kappa shape index (κ2) is 6.14. The Bertz CT molecular complexity index is 650. The zero-order chi connectivity index (χ0) is 16.4. The Hall–Kier alpha value is -2.42. The molecule has 1 amide bonds. The van der Waals surface area contributed by atoms with Crippen molar-refractivity contribution in [3.05, 3.63) is 29.1 Å². The van der Waals surface area contributed by atoms with Gasteiger partial charge in [0.15, 0.2) is 0 Å². The Morgan fingerprint density at radius 3 is 2.68 bits per heavy atom. The van der Waals surface area contributed by atoms with E-state index >= 15 is 0 Å². The summed E-state index contributed by atoms with van der Waals surface area (Å²) in [5.41, 5.74) is 4.64. The Balaban J connectivity index is 2.24. The van der Waals surface area contributed by atoms with Crippen molar-refractivity contribution in [1.82, 2.24) is 0 Å². The second-order valence-electron chi connectivity index (χ2n) is 5.07. The first-order valence-electron chi connectivity index (χ1n) is 6.49. The van der Waals surface area contributed by atoms with Crippen LogP contribution in [0, 0.1) is 5.82 Å². The number of nitrogens with two attached hydrogens (primary N) is 1. The summed E-state index contributed by atoms with van der Waals surface area (Å²) in [6.07, 6.45) is -0.467. The molecule has 0 aromatic heterocycles. The SMILES string of the molecule is NC(=O)CC(=O)C[C@H]1Cc2ccc(F)c(C(=O)O)c2OB1O. The Kier molecular flexibility index (Phi) is 4.46. The molecule has 1 atom stereocenters. The number of amides is 1. The highest BCUT2D eigenvalue weighted by Gasteiger charge is 2.38. The molecule has 1 aromatic rings. The lowest BCUT2D eigenvalue weighted by molar-refractivity contribution is -0.126. The minimum Gasteiger partial charge on any atom is -0.535 e. The number of benzene rings is 1. The van der Waals surface area contributed by atoms with Crippen molar-refractivity contribution < 1.29 is 33.6 Å². The van der Waals surface area contributed by atoms with Gasteiger partial charge in [-0.2, -0.15) is 0 Å². The van der Waals surface area contributed by atoms with Crippen LogP contribution >= 0.6 is 0 Å². The lowest BCUT2D eigenvalue weighted by Gasteiger charge is -2.28. The molecule has 7 nitrogen and oxygen atoms in total. The van der Waals surface area contributed by atoms with Crippen molar-refractivity contribution in [1.29, 1.82) is 0 Å². The van der Waals surface area contributed by atoms with E-state index in [1.54, 1.807) is 0 Å². The van der Waals surface area contributed by atoms with Gasteiger partial charge in [-0.3, -0.25) is 9.59 Å². The van der Waals surface area contributed by atoms with E-state index in [2.05, 4.69) is 0 Å². The maximum absolute atomic E-state index is 13.6. The fourth-order valence-corrected chi connectivity index (χ4v) is 2.43. The van der Waals surface area contributed by atoms with Crippen LogP contribution in [0.25, 0.3) is 0 Å². The summed E-state index contributed by atoms with van der Waals surface area (Å²) in [6, 6.07) is 2.33. The predicted molar refractivity (Wildman–Crippen MR) is 72.8 cm³/mol. The molecule has 2 rings (SSSR count). The molecule has 1 aromatic carbocycles. The summed E-state index contributed by atoms with van der Waals surface area (Å²) in [5, 5.41) is 18.9. The lowest BCUT2D eigenvalue weighted by atomic mass is 9.64. The highest BCUT2D eigenvalue weighted by Crippen LogP contribution is 2.37. The largest absolute Gasteiger partial charge is 0.535 e. The van der Waals surface area contributed by atoms with Gasteiger partial charge in [0.2, 0.25) is 5.91 Å². The van der Waals surface area contributed by atoms with Crippen LogP contribution < -0.4 is 10.4 Å². The number of Topliss-reactive ketones (excluding diaryl/α,β-unsaturated/α-hetero) is 1. The third-order valence-corrected chi connectivity index (χ3v) is 3.39. The van der Waals surface area contributed by atoms with Crippen LogP contribution in [0.4, 0.5) is 4.39 Å². The van der Waals surface area contributed by atoms with E-state index in [0.717, 1.165) is 6.07 Å². The minimum atomic E-state index is -1.51. The van der Waals surface area contributed by atoms with Crippen LogP contribution in [-0.4, -0.2) is 34.9 Å². The third kappa shape index (κ3) is 3.25. The molecule has 0 radical (unpaired) electrons. The monoisotopic (exact) mass is 309 g/mol. The molecule has 0 fully saturated rings. The summed E-state index contributed by atoms with van der Waals surface area (Å²) in [5.74, 6) is -4.60. The number of carboxylic acids is 1. The van der Waals surface area contributed by atoms with Crippen LogP contribution in [0.2, 0.25) is 5.82 Å². The van der Waals surface area contributed by atoms with E-state index in [1.165, 1.54) is 6.07 Å². The Labute approximate surface area is 125 Å². The Morgan fingerprint density at radius 2 is 2.09 bits per heavy atom. The molecule has 9 heteroatoms. The molecule has 1 heterocycles. The van der Waals surface area contributed by atoms with Crippen molar-refractivity contribution in [2.75, 3.05) is 0 Å². The number of aromatic carboxylic acids is 1. The fourth-order valence-electron chi connectivity index (χ4n) is 2.43. The predicted octanol–water partition coefficient (Wildman–Crippen LogP) is 0.144. The van der Waals surface area contributed by atoms with Crippen LogP contribution in [0.15, 0.2) is 12.1 Å². The molecule has 0 aliphatic carbocycles. The maximum Gasteiger partial charge on any atom is 0.526 e. The molecule has 1 aliphatic heterocycles. The minimum absolute atomic E-state index is 0.127. The number of carboxylic acid groups (broad SMARTS) is 1. The molecule has 22 heavy (non-hydrogen) atoms. The molecular formula is C13H13BFNO6. The molecule has 0 spiro atoms. The number of hydrogen-bond donors (Lipinski definition) is 3. The van der Waals surface area contributed by atoms with Gasteiger partial charge in [0, 0.05) is 12.2 Å². The first-order chi connectivity index (χ1) is 10.3. The van der Waals surface area contributed by atoms with E-state index < -0.39 is 48.4 Å². The molecule has 0 unspecified atom stereocenters. The summed E-state index contributed by atoms with van der Waals surface area (Å²) in [6.45, 7) is 0. The van der Waals surface area contributed by atoms with E-state index in [1.807, 2.05) is 0 Å². The van der Waals surface area contributed by atoms with Gasteiger partial charge < -0.3 is 20.5 Å². The van der Waals surface area contributed by atoms with Gasteiger partial charge in [-0.05, 0) is 18.1 Å². The lowest BCUT2D eigenvalue weighted by Crippen LogP contribution is -2.36. The summed E-state index contributed by atoms with van der Waals surface area (Å²) >= 11 is 0. The number of carbonyl (C=O) groups is 3. The van der Waals surface area contributed by atoms with E-state index in [0.29, 0.717) is 5.56 Å². The molecule has 4 N–H and O–H groups in total. The topological polar surface area (TPSA) is 127 Å². The first-order valence-corrected chi connectivity index (χ1v) is 6.49. The van der Waals surface area contributed by atoms with Crippen LogP contribution in [0.5, 0.6) is 5.75 Å². The zero-order valence-corrected chi connectivity index (χ0v) is 11.4. The van der Waals surface area contributed by atoms with E-state index in [9.17, 15) is 23.8 Å². The molecular weight excluding hydrogens is 296 g/mol. The molecule has 0 saturated heterocycles. The second-order valence-corrected chi connectivity index (χ2v) is 5.07. The molecule has 0 bridgehead atoms. The average molecular weight is 309 g/mol. The normalized spacial score (nSPS) is 16.6. The number of carbonyl (C=O) groups excluding carboxylic acids is 2. The highest BCUT2D eigenvalue weighted by atomic mass is 19.1. The number of fused-ring (bicyclic) bond motifs is 1. The van der Waals surface area contributed by atoms with Crippen LogP contribution in [0.1, 0.15) is 28.8 Å². The van der Waals surface area contributed by atoms with Gasteiger partial charge in [0.05, 0.1) is 6.42 Å². The first kappa shape index (κ1) is 16.0. The van der Waals surface area contributed by atoms with Gasteiger partial charge in [0.1, 0.15) is 22.9 Å². The highest BCUT2D eigenvalue weighted by molar-refractivity contribution is 6.47. The van der Waals surface area contributed by atoms with Crippen molar-refractivity contribution in [3.8, 4) is 5.75 Å².